The molecule has 2 aromatic carbocycles. The minimum absolute atomic E-state index is 0.672. The molecule has 2 heterocycles. The maximum atomic E-state index is 6.26. The van der Waals surface area contributed by atoms with E-state index in [0.29, 0.717) is 10.0 Å². The van der Waals surface area contributed by atoms with E-state index in [-0.39, 0.29) is 0 Å². The zero-order chi connectivity index (χ0) is 19.0. The SMILES string of the molecule is COc1ccc(Cc2c(-c3cccc(Cl)c3)nc3ccc(Cl)cn23)c(C)c1. The zero-order valence-corrected chi connectivity index (χ0v) is 16.6. The molecule has 0 radical (unpaired) electrons. The van der Waals surface area contributed by atoms with Crippen LogP contribution in [0.4, 0.5) is 0 Å². The van der Waals surface area contributed by atoms with Crippen molar-refractivity contribution in [3.63, 3.8) is 0 Å². The van der Waals surface area contributed by atoms with Crippen molar-refractivity contribution in [1.29, 1.82) is 0 Å². The molecule has 0 aliphatic carbocycles. The Balaban J connectivity index is 1.89. The van der Waals surface area contributed by atoms with E-state index in [2.05, 4.69) is 17.4 Å². The van der Waals surface area contributed by atoms with Crippen molar-refractivity contribution < 1.29 is 4.74 Å². The molecule has 4 aromatic rings. The molecule has 0 spiro atoms. The molecule has 0 N–H and O–H groups in total. The van der Waals surface area contributed by atoms with Gasteiger partial charge in [0.15, 0.2) is 0 Å². The van der Waals surface area contributed by atoms with Gasteiger partial charge in [-0.15, -0.1) is 0 Å². The molecule has 0 aliphatic heterocycles. The average molecular weight is 397 g/mol. The van der Waals surface area contributed by atoms with E-state index in [4.69, 9.17) is 32.9 Å². The Hall–Kier alpha value is -2.49. The summed E-state index contributed by atoms with van der Waals surface area (Å²) >= 11 is 12.5. The Labute approximate surface area is 168 Å². The number of imidazole rings is 1. The third-order valence-electron chi connectivity index (χ3n) is 4.69. The summed E-state index contributed by atoms with van der Waals surface area (Å²) in [6.07, 6.45) is 2.63. The monoisotopic (exact) mass is 396 g/mol. The van der Waals surface area contributed by atoms with Gasteiger partial charge in [0.2, 0.25) is 0 Å². The van der Waals surface area contributed by atoms with Crippen LogP contribution in [0, 0.1) is 6.92 Å². The fourth-order valence-electron chi connectivity index (χ4n) is 3.28. The van der Waals surface area contributed by atoms with Crippen molar-refractivity contribution in [3.05, 3.63) is 87.7 Å². The lowest BCUT2D eigenvalue weighted by Gasteiger charge is -2.10. The van der Waals surface area contributed by atoms with Crippen LogP contribution in [-0.2, 0) is 6.42 Å². The first-order valence-corrected chi connectivity index (χ1v) is 9.36. The Morgan fingerprint density at radius 1 is 1.00 bits per heavy atom. The summed E-state index contributed by atoms with van der Waals surface area (Å²) in [5.41, 5.74) is 6.21. The maximum Gasteiger partial charge on any atom is 0.137 e. The van der Waals surface area contributed by atoms with Crippen molar-refractivity contribution in [3.8, 4) is 17.0 Å². The molecule has 0 fully saturated rings. The molecule has 0 atom stereocenters. The highest BCUT2D eigenvalue weighted by molar-refractivity contribution is 6.31. The van der Waals surface area contributed by atoms with Crippen LogP contribution in [0.2, 0.25) is 10.0 Å². The second kappa shape index (κ2) is 7.26. The normalized spacial score (nSPS) is 11.1. The standard InChI is InChI=1S/C22H18Cl2N2O/c1-14-10-19(27-2)8-6-15(14)12-20-22(16-4-3-5-17(23)11-16)25-21-9-7-18(24)13-26(20)21/h3-11,13H,12H2,1-2H3. The zero-order valence-electron chi connectivity index (χ0n) is 15.0. The Morgan fingerprint density at radius 3 is 2.59 bits per heavy atom. The van der Waals surface area contributed by atoms with Gasteiger partial charge in [0.1, 0.15) is 11.4 Å². The second-order valence-corrected chi connectivity index (χ2v) is 7.34. The fraction of sp³-hybridized carbons (Fsp3) is 0.136. The summed E-state index contributed by atoms with van der Waals surface area (Å²) < 4.78 is 7.39. The quantitative estimate of drug-likeness (QED) is 0.409. The van der Waals surface area contributed by atoms with Gasteiger partial charge in [-0.05, 0) is 54.4 Å². The number of hydrogen-bond acceptors (Lipinski definition) is 2. The highest BCUT2D eigenvalue weighted by atomic mass is 35.5. The van der Waals surface area contributed by atoms with E-state index in [0.717, 1.165) is 34.8 Å². The highest BCUT2D eigenvalue weighted by Crippen LogP contribution is 2.30. The number of hydrogen-bond donors (Lipinski definition) is 0. The summed E-state index contributed by atoms with van der Waals surface area (Å²) in [5, 5.41) is 1.36. The molecule has 0 saturated heterocycles. The van der Waals surface area contributed by atoms with Crippen molar-refractivity contribution in [2.75, 3.05) is 7.11 Å². The fourth-order valence-corrected chi connectivity index (χ4v) is 3.63. The van der Waals surface area contributed by atoms with Gasteiger partial charge >= 0.3 is 0 Å². The molecule has 0 amide bonds. The van der Waals surface area contributed by atoms with Crippen molar-refractivity contribution >= 4 is 28.8 Å². The first-order chi connectivity index (χ1) is 13.0. The first kappa shape index (κ1) is 17.9. The van der Waals surface area contributed by atoms with Crippen LogP contribution in [0.15, 0.2) is 60.8 Å². The minimum Gasteiger partial charge on any atom is -0.497 e. The predicted octanol–water partition coefficient (Wildman–Crippen LogP) is 6.22. The molecular formula is C22H18Cl2N2O. The lowest BCUT2D eigenvalue weighted by Crippen LogP contribution is -1.99. The van der Waals surface area contributed by atoms with E-state index < -0.39 is 0 Å². The van der Waals surface area contributed by atoms with E-state index in [9.17, 15) is 0 Å². The van der Waals surface area contributed by atoms with Crippen LogP contribution < -0.4 is 4.74 Å². The predicted molar refractivity (Wildman–Crippen MR) is 111 cm³/mol. The summed E-state index contributed by atoms with van der Waals surface area (Å²) in [6, 6.07) is 17.7. The number of aryl methyl sites for hydroxylation is 1. The number of methoxy groups -OCH3 is 1. The summed E-state index contributed by atoms with van der Waals surface area (Å²) in [7, 11) is 1.68. The van der Waals surface area contributed by atoms with Gasteiger partial charge in [-0.1, -0.05) is 41.4 Å². The number of halogens is 2. The summed E-state index contributed by atoms with van der Waals surface area (Å²) in [6.45, 7) is 2.09. The van der Waals surface area contributed by atoms with Crippen LogP contribution in [-0.4, -0.2) is 16.5 Å². The molecule has 0 aliphatic rings. The molecule has 0 unspecified atom stereocenters. The van der Waals surface area contributed by atoms with Gasteiger partial charge in [0, 0.05) is 23.2 Å². The van der Waals surface area contributed by atoms with Gasteiger partial charge in [-0.3, -0.25) is 0 Å². The molecule has 4 rings (SSSR count). The number of benzene rings is 2. The van der Waals surface area contributed by atoms with E-state index in [1.165, 1.54) is 11.1 Å². The van der Waals surface area contributed by atoms with Crippen molar-refractivity contribution in [2.45, 2.75) is 13.3 Å². The summed E-state index contributed by atoms with van der Waals surface area (Å²) in [4.78, 5) is 4.85. The molecule has 2 aromatic heterocycles. The number of pyridine rings is 1. The third kappa shape index (κ3) is 3.53. The molecule has 0 saturated carbocycles. The van der Waals surface area contributed by atoms with Crippen molar-refractivity contribution in [2.24, 2.45) is 0 Å². The van der Waals surface area contributed by atoms with E-state index in [1.807, 2.05) is 54.7 Å². The molecule has 0 bridgehead atoms. The lowest BCUT2D eigenvalue weighted by atomic mass is 10.0. The van der Waals surface area contributed by atoms with Gasteiger partial charge in [0.05, 0.1) is 23.5 Å². The largest absolute Gasteiger partial charge is 0.497 e. The minimum atomic E-state index is 0.672. The number of fused-ring (bicyclic) bond motifs is 1. The van der Waals surface area contributed by atoms with Crippen LogP contribution in [0.25, 0.3) is 16.9 Å². The third-order valence-corrected chi connectivity index (χ3v) is 5.15. The molecule has 3 nitrogen and oxygen atoms in total. The number of aromatic nitrogens is 2. The number of nitrogens with zero attached hydrogens (tertiary/aromatic N) is 2. The molecule has 27 heavy (non-hydrogen) atoms. The van der Waals surface area contributed by atoms with Gasteiger partial charge in [-0.25, -0.2) is 4.98 Å². The van der Waals surface area contributed by atoms with E-state index >= 15 is 0 Å². The summed E-state index contributed by atoms with van der Waals surface area (Å²) in [5.74, 6) is 0.854. The van der Waals surface area contributed by atoms with Crippen LogP contribution >= 0.6 is 23.2 Å². The van der Waals surface area contributed by atoms with Gasteiger partial charge in [-0.2, -0.15) is 0 Å². The number of rotatable bonds is 4. The van der Waals surface area contributed by atoms with Crippen LogP contribution in [0.3, 0.4) is 0 Å². The Kier molecular flexibility index (Phi) is 4.81. The molecule has 136 valence electrons. The second-order valence-electron chi connectivity index (χ2n) is 6.46. The Morgan fingerprint density at radius 2 is 1.85 bits per heavy atom. The molecule has 5 heteroatoms. The maximum absolute atomic E-state index is 6.26. The average Bonchev–Trinajstić information content (AvgIpc) is 3.01. The first-order valence-electron chi connectivity index (χ1n) is 8.61. The number of ether oxygens (including phenoxy) is 1. The van der Waals surface area contributed by atoms with Gasteiger partial charge < -0.3 is 9.14 Å². The van der Waals surface area contributed by atoms with Crippen LogP contribution in [0.5, 0.6) is 5.75 Å². The van der Waals surface area contributed by atoms with Gasteiger partial charge in [0.25, 0.3) is 0 Å². The smallest absolute Gasteiger partial charge is 0.137 e. The molecular weight excluding hydrogens is 379 g/mol. The lowest BCUT2D eigenvalue weighted by molar-refractivity contribution is 0.414. The topological polar surface area (TPSA) is 26.5 Å². The Bertz CT molecular complexity index is 1130. The highest BCUT2D eigenvalue weighted by Gasteiger charge is 2.16. The van der Waals surface area contributed by atoms with Crippen LogP contribution in [0.1, 0.15) is 16.8 Å². The van der Waals surface area contributed by atoms with Crippen molar-refractivity contribution in [1.82, 2.24) is 9.38 Å². The van der Waals surface area contributed by atoms with E-state index in [1.54, 1.807) is 7.11 Å².